The molecular weight excluding hydrogens is 273 g/mol. The van der Waals surface area contributed by atoms with E-state index in [4.69, 9.17) is 28.9 Å². The standard InChI is InChI=1S/C11H15Cl2N5/c1-17-7-15-16-18(17)11(4-5-14)8-2-3-9(12)10(13)6-8/h2-3,6-7,11,16H,4-5,14H2,1H3/t11-/m0/s1. The highest BCUT2D eigenvalue weighted by molar-refractivity contribution is 6.42. The molecular formula is C11H15Cl2N5. The van der Waals surface area contributed by atoms with E-state index in [-0.39, 0.29) is 6.04 Å². The summed E-state index contributed by atoms with van der Waals surface area (Å²) in [7, 11) is 1.91. The molecule has 1 aliphatic heterocycles. The fourth-order valence-electron chi connectivity index (χ4n) is 1.89. The Labute approximate surface area is 116 Å². The van der Waals surface area contributed by atoms with Gasteiger partial charge in [-0.15, -0.1) is 5.12 Å². The molecule has 1 atom stereocenters. The summed E-state index contributed by atoms with van der Waals surface area (Å²) in [6, 6.07) is 5.65. The molecule has 0 radical (unpaired) electrons. The van der Waals surface area contributed by atoms with E-state index >= 15 is 0 Å². The number of nitrogens with one attached hydrogen (secondary N) is 1. The minimum Gasteiger partial charge on any atom is -0.330 e. The highest BCUT2D eigenvalue weighted by Crippen LogP contribution is 2.30. The quantitative estimate of drug-likeness (QED) is 0.889. The Morgan fingerprint density at radius 1 is 1.39 bits per heavy atom. The first-order chi connectivity index (χ1) is 8.63. The van der Waals surface area contributed by atoms with Gasteiger partial charge in [0.2, 0.25) is 0 Å². The fraction of sp³-hybridized carbons (Fsp3) is 0.364. The van der Waals surface area contributed by atoms with Crippen LogP contribution in [0.15, 0.2) is 23.3 Å². The van der Waals surface area contributed by atoms with Gasteiger partial charge in [0.25, 0.3) is 0 Å². The monoisotopic (exact) mass is 287 g/mol. The lowest BCUT2D eigenvalue weighted by atomic mass is 10.0. The summed E-state index contributed by atoms with van der Waals surface area (Å²) < 4.78 is 0. The van der Waals surface area contributed by atoms with Crippen molar-refractivity contribution in [1.29, 1.82) is 0 Å². The molecule has 0 unspecified atom stereocenters. The fourth-order valence-corrected chi connectivity index (χ4v) is 2.20. The van der Waals surface area contributed by atoms with E-state index in [1.807, 2.05) is 29.3 Å². The third kappa shape index (κ3) is 2.70. The molecule has 1 aliphatic rings. The first kappa shape index (κ1) is 13.4. The lowest BCUT2D eigenvalue weighted by Crippen LogP contribution is -2.43. The predicted octanol–water partition coefficient (Wildman–Crippen LogP) is 1.99. The molecule has 98 valence electrons. The molecule has 18 heavy (non-hydrogen) atoms. The van der Waals surface area contributed by atoms with Gasteiger partial charge in [0.1, 0.15) is 6.34 Å². The number of benzene rings is 1. The van der Waals surface area contributed by atoms with Crippen LogP contribution in [-0.2, 0) is 0 Å². The SMILES string of the molecule is CN1C=NNN1[C@@H](CCN)c1ccc(Cl)c(Cl)c1. The van der Waals surface area contributed by atoms with Gasteiger partial charge in [0.15, 0.2) is 0 Å². The Bertz CT molecular complexity index is 451. The maximum absolute atomic E-state index is 6.05. The van der Waals surface area contributed by atoms with Crippen LogP contribution in [0.1, 0.15) is 18.0 Å². The maximum Gasteiger partial charge on any atom is 0.128 e. The maximum atomic E-state index is 6.05. The lowest BCUT2D eigenvalue weighted by Gasteiger charge is -2.31. The Morgan fingerprint density at radius 3 is 2.72 bits per heavy atom. The normalized spacial score (nSPS) is 17.0. The minimum absolute atomic E-state index is 0.0530. The summed E-state index contributed by atoms with van der Waals surface area (Å²) in [5, 5.41) is 8.84. The van der Waals surface area contributed by atoms with Crippen LogP contribution >= 0.6 is 23.2 Å². The summed E-state index contributed by atoms with van der Waals surface area (Å²) >= 11 is 12.0. The van der Waals surface area contributed by atoms with Crippen LogP contribution in [0, 0.1) is 0 Å². The largest absolute Gasteiger partial charge is 0.330 e. The number of halogens is 2. The minimum atomic E-state index is 0.0530. The zero-order chi connectivity index (χ0) is 13.1. The van der Waals surface area contributed by atoms with Crippen molar-refractivity contribution >= 4 is 29.5 Å². The van der Waals surface area contributed by atoms with Gasteiger partial charge < -0.3 is 5.73 Å². The molecule has 2 rings (SSSR count). The number of hydrazine groups is 2. The molecule has 0 amide bonds. The first-order valence-electron chi connectivity index (χ1n) is 5.59. The lowest BCUT2D eigenvalue weighted by molar-refractivity contribution is -0.0130. The smallest absolute Gasteiger partial charge is 0.128 e. The highest BCUT2D eigenvalue weighted by Gasteiger charge is 2.25. The molecule has 0 fully saturated rings. The van der Waals surface area contributed by atoms with E-state index < -0.39 is 0 Å². The van der Waals surface area contributed by atoms with E-state index in [1.165, 1.54) is 0 Å². The van der Waals surface area contributed by atoms with Gasteiger partial charge in [0.05, 0.1) is 16.1 Å². The Balaban J connectivity index is 2.26. The summed E-state index contributed by atoms with van der Waals surface area (Å²) in [4.78, 5) is 0. The van der Waals surface area contributed by atoms with Gasteiger partial charge in [-0.2, -0.15) is 5.10 Å². The first-order valence-corrected chi connectivity index (χ1v) is 6.35. The molecule has 1 aromatic rings. The van der Waals surface area contributed by atoms with E-state index in [0.29, 0.717) is 16.6 Å². The van der Waals surface area contributed by atoms with Crippen molar-refractivity contribution in [2.24, 2.45) is 10.8 Å². The number of hydrogen-bond donors (Lipinski definition) is 2. The summed E-state index contributed by atoms with van der Waals surface area (Å²) in [6.45, 7) is 0.566. The molecule has 3 N–H and O–H groups in total. The molecule has 5 nitrogen and oxygen atoms in total. The van der Waals surface area contributed by atoms with Crippen molar-refractivity contribution < 1.29 is 0 Å². The predicted molar refractivity (Wildman–Crippen MR) is 74.1 cm³/mol. The van der Waals surface area contributed by atoms with E-state index in [0.717, 1.165) is 12.0 Å². The Kier molecular flexibility index (Phi) is 4.29. The molecule has 0 aliphatic carbocycles. The summed E-state index contributed by atoms with van der Waals surface area (Å²) in [5.74, 6) is 0. The van der Waals surface area contributed by atoms with Gasteiger partial charge in [-0.3, -0.25) is 5.01 Å². The summed E-state index contributed by atoms with van der Waals surface area (Å²) in [5.41, 5.74) is 9.64. The van der Waals surface area contributed by atoms with E-state index in [2.05, 4.69) is 10.6 Å². The Hall–Kier alpha value is -1.01. The molecule has 7 heteroatoms. The second kappa shape index (κ2) is 5.75. The van der Waals surface area contributed by atoms with Crippen molar-refractivity contribution in [1.82, 2.24) is 15.7 Å². The highest BCUT2D eigenvalue weighted by atomic mass is 35.5. The number of hydrazone groups is 1. The topological polar surface area (TPSA) is 56.9 Å². The van der Waals surface area contributed by atoms with E-state index in [1.54, 1.807) is 12.4 Å². The number of hydrogen-bond acceptors (Lipinski definition) is 5. The zero-order valence-corrected chi connectivity index (χ0v) is 11.5. The van der Waals surface area contributed by atoms with Crippen molar-refractivity contribution in [3.05, 3.63) is 33.8 Å². The van der Waals surface area contributed by atoms with Crippen molar-refractivity contribution in [2.75, 3.05) is 13.6 Å². The average molecular weight is 288 g/mol. The van der Waals surface area contributed by atoms with E-state index in [9.17, 15) is 0 Å². The number of rotatable bonds is 4. The van der Waals surface area contributed by atoms with Gasteiger partial charge in [0, 0.05) is 7.05 Å². The van der Waals surface area contributed by atoms with Crippen LogP contribution in [0.4, 0.5) is 0 Å². The number of nitrogens with two attached hydrogens (primary N) is 1. The van der Waals surface area contributed by atoms with Crippen molar-refractivity contribution in [2.45, 2.75) is 12.5 Å². The molecule has 0 saturated heterocycles. The van der Waals surface area contributed by atoms with Crippen LogP contribution in [0.5, 0.6) is 0 Å². The van der Waals surface area contributed by atoms with Gasteiger partial charge in [-0.05, 0) is 30.7 Å². The van der Waals surface area contributed by atoms with Crippen LogP contribution < -0.4 is 11.3 Å². The second-order valence-electron chi connectivity index (χ2n) is 4.03. The van der Waals surface area contributed by atoms with Crippen LogP contribution in [0.25, 0.3) is 0 Å². The second-order valence-corrected chi connectivity index (χ2v) is 4.84. The van der Waals surface area contributed by atoms with Crippen LogP contribution in [0.2, 0.25) is 10.0 Å². The van der Waals surface area contributed by atoms with Crippen molar-refractivity contribution in [3.63, 3.8) is 0 Å². The molecule has 1 aromatic carbocycles. The van der Waals surface area contributed by atoms with Gasteiger partial charge in [-0.25, -0.2) is 5.53 Å². The molecule has 0 saturated carbocycles. The van der Waals surface area contributed by atoms with Crippen LogP contribution in [0.3, 0.4) is 0 Å². The van der Waals surface area contributed by atoms with Gasteiger partial charge in [-0.1, -0.05) is 29.3 Å². The zero-order valence-electron chi connectivity index (χ0n) is 9.98. The third-order valence-corrected chi connectivity index (χ3v) is 3.53. The molecule has 0 bridgehead atoms. The average Bonchev–Trinajstić information content (AvgIpc) is 2.76. The third-order valence-electron chi connectivity index (χ3n) is 2.79. The van der Waals surface area contributed by atoms with Crippen LogP contribution in [-0.4, -0.2) is 30.1 Å². The molecule has 0 aromatic heterocycles. The van der Waals surface area contributed by atoms with Crippen molar-refractivity contribution in [3.8, 4) is 0 Å². The molecule has 0 spiro atoms. The number of nitrogens with zero attached hydrogens (tertiary/aromatic N) is 3. The summed E-state index contributed by atoms with van der Waals surface area (Å²) in [6.07, 6.45) is 2.47. The van der Waals surface area contributed by atoms with Gasteiger partial charge >= 0.3 is 0 Å². The Morgan fingerprint density at radius 2 is 2.17 bits per heavy atom. The molecule has 1 heterocycles.